The fourth-order valence-corrected chi connectivity index (χ4v) is 3.28. The van der Waals surface area contributed by atoms with Crippen LogP contribution in [0.5, 0.6) is 0 Å². The van der Waals surface area contributed by atoms with Crippen molar-refractivity contribution in [2.75, 3.05) is 5.32 Å². The second-order valence-electron chi connectivity index (χ2n) is 3.99. The van der Waals surface area contributed by atoms with E-state index in [2.05, 4.69) is 34.6 Å². The minimum atomic E-state index is -0.0356. The quantitative estimate of drug-likeness (QED) is 0.677. The first-order chi connectivity index (χ1) is 9.19. The Kier molecular flexibility index (Phi) is 4.93. The maximum Gasteiger partial charge on any atom is 0.225 e. The maximum absolute atomic E-state index is 11.2. The zero-order valence-corrected chi connectivity index (χ0v) is 12.5. The Hall–Kier alpha value is -1.40. The van der Waals surface area contributed by atoms with Crippen LogP contribution < -0.4 is 5.32 Å². The van der Waals surface area contributed by atoms with Crippen LogP contribution in [-0.4, -0.2) is 16.1 Å². The molecule has 19 heavy (non-hydrogen) atoms. The standard InChI is InChI=1S/C13H15N3OS2/c1-3-11(17)14-12-15-16-13(19-12)18-8-10-7-5-4-6-9(10)2/h4-7H,3,8H2,1-2H3,(H,14,15,17). The van der Waals surface area contributed by atoms with Gasteiger partial charge in [-0.2, -0.15) is 0 Å². The van der Waals surface area contributed by atoms with Crippen molar-refractivity contribution >= 4 is 34.1 Å². The first-order valence-corrected chi connectivity index (χ1v) is 7.80. The van der Waals surface area contributed by atoms with Gasteiger partial charge in [-0.3, -0.25) is 4.79 Å². The van der Waals surface area contributed by atoms with Crippen molar-refractivity contribution in [3.8, 4) is 0 Å². The van der Waals surface area contributed by atoms with Crippen molar-refractivity contribution in [2.45, 2.75) is 30.4 Å². The number of amides is 1. The van der Waals surface area contributed by atoms with E-state index in [0.29, 0.717) is 11.6 Å². The number of hydrogen-bond acceptors (Lipinski definition) is 5. The minimum Gasteiger partial charge on any atom is -0.301 e. The lowest BCUT2D eigenvalue weighted by molar-refractivity contribution is -0.115. The highest BCUT2D eigenvalue weighted by atomic mass is 32.2. The van der Waals surface area contributed by atoms with Crippen molar-refractivity contribution in [2.24, 2.45) is 0 Å². The van der Waals surface area contributed by atoms with Gasteiger partial charge in [0.2, 0.25) is 11.0 Å². The van der Waals surface area contributed by atoms with Crippen LogP contribution in [0.2, 0.25) is 0 Å². The van der Waals surface area contributed by atoms with Crippen LogP contribution in [0.25, 0.3) is 0 Å². The van der Waals surface area contributed by atoms with Gasteiger partial charge in [-0.05, 0) is 18.1 Å². The number of benzene rings is 1. The molecule has 0 radical (unpaired) electrons. The minimum absolute atomic E-state index is 0.0356. The third-order valence-electron chi connectivity index (χ3n) is 2.59. The molecule has 1 aromatic carbocycles. The molecule has 0 aliphatic carbocycles. The van der Waals surface area contributed by atoms with Crippen LogP contribution >= 0.6 is 23.1 Å². The van der Waals surface area contributed by atoms with Crippen molar-refractivity contribution in [3.63, 3.8) is 0 Å². The van der Waals surface area contributed by atoms with Crippen molar-refractivity contribution < 1.29 is 4.79 Å². The lowest BCUT2D eigenvalue weighted by Gasteiger charge is -2.02. The molecule has 0 aliphatic heterocycles. The molecule has 4 nitrogen and oxygen atoms in total. The van der Waals surface area contributed by atoms with Gasteiger partial charge in [0.15, 0.2) is 4.34 Å². The molecule has 2 aromatic rings. The molecule has 0 saturated carbocycles. The number of rotatable bonds is 5. The molecule has 0 aliphatic rings. The summed E-state index contributed by atoms with van der Waals surface area (Å²) < 4.78 is 0.870. The Morgan fingerprint density at radius 2 is 2.16 bits per heavy atom. The Labute approximate surface area is 120 Å². The first kappa shape index (κ1) is 14.0. The third-order valence-corrected chi connectivity index (χ3v) is 4.61. The Morgan fingerprint density at radius 1 is 1.37 bits per heavy atom. The summed E-state index contributed by atoms with van der Waals surface area (Å²) in [4.78, 5) is 11.2. The van der Waals surface area contributed by atoms with Crippen LogP contribution in [0.4, 0.5) is 5.13 Å². The average Bonchev–Trinajstić information content (AvgIpc) is 2.85. The molecule has 6 heteroatoms. The molecular formula is C13H15N3OS2. The molecule has 1 N–H and O–H groups in total. The van der Waals surface area contributed by atoms with Gasteiger partial charge < -0.3 is 5.32 Å². The van der Waals surface area contributed by atoms with Crippen molar-refractivity contribution in [1.29, 1.82) is 0 Å². The van der Waals surface area contributed by atoms with E-state index >= 15 is 0 Å². The predicted octanol–water partition coefficient (Wildman–Crippen LogP) is 3.49. The van der Waals surface area contributed by atoms with Gasteiger partial charge in [0.25, 0.3) is 0 Å². The summed E-state index contributed by atoms with van der Waals surface area (Å²) in [6, 6.07) is 8.29. The summed E-state index contributed by atoms with van der Waals surface area (Å²) >= 11 is 3.05. The average molecular weight is 293 g/mol. The SMILES string of the molecule is CCC(=O)Nc1nnc(SCc2ccccc2C)s1. The fraction of sp³-hybridized carbons (Fsp3) is 0.308. The van der Waals surface area contributed by atoms with Crippen LogP contribution in [0, 0.1) is 6.92 Å². The summed E-state index contributed by atoms with van der Waals surface area (Å²) in [7, 11) is 0. The van der Waals surface area contributed by atoms with E-state index < -0.39 is 0 Å². The summed E-state index contributed by atoms with van der Waals surface area (Å²) in [5.41, 5.74) is 2.57. The molecule has 0 atom stereocenters. The van der Waals surface area contributed by atoms with E-state index in [0.717, 1.165) is 10.1 Å². The lowest BCUT2D eigenvalue weighted by atomic mass is 10.1. The van der Waals surface area contributed by atoms with E-state index in [-0.39, 0.29) is 5.91 Å². The number of carbonyl (C=O) groups is 1. The molecular weight excluding hydrogens is 278 g/mol. The Morgan fingerprint density at radius 3 is 2.89 bits per heavy atom. The monoisotopic (exact) mass is 293 g/mol. The molecule has 1 aromatic heterocycles. The van der Waals surface area contributed by atoms with Crippen LogP contribution in [-0.2, 0) is 10.5 Å². The molecule has 0 fully saturated rings. The van der Waals surface area contributed by atoms with Gasteiger partial charge in [0.05, 0.1) is 0 Å². The highest BCUT2D eigenvalue weighted by Crippen LogP contribution is 2.29. The normalized spacial score (nSPS) is 10.4. The predicted molar refractivity (Wildman–Crippen MR) is 79.6 cm³/mol. The van der Waals surface area contributed by atoms with E-state index in [9.17, 15) is 4.79 Å². The Bertz CT molecular complexity index is 569. The van der Waals surface area contributed by atoms with Gasteiger partial charge in [-0.15, -0.1) is 10.2 Å². The highest BCUT2D eigenvalue weighted by Gasteiger charge is 2.08. The summed E-state index contributed by atoms with van der Waals surface area (Å²) in [6.45, 7) is 3.91. The molecule has 1 heterocycles. The van der Waals surface area contributed by atoms with Gasteiger partial charge in [-0.1, -0.05) is 54.3 Å². The van der Waals surface area contributed by atoms with Gasteiger partial charge >= 0.3 is 0 Å². The zero-order valence-electron chi connectivity index (χ0n) is 10.8. The number of nitrogens with zero attached hydrogens (tertiary/aromatic N) is 2. The smallest absolute Gasteiger partial charge is 0.225 e. The van der Waals surface area contributed by atoms with Gasteiger partial charge in [0.1, 0.15) is 0 Å². The number of carbonyl (C=O) groups excluding carboxylic acids is 1. The number of hydrogen-bond donors (Lipinski definition) is 1. The topological polar surface area (TPSA) is 54.9 Å². The third kappa shape index (κ3) is 4.04. The van der Waals surface area contributed by atoms with E-state index in [1.54, 1.807) is 11.8 Å². The molecule has 100 valence electrons. The number of aromatic nitrogens is 2. The van der Waals surface area contributed by atoms with Crippen LogP contribution in [0.15, 0.2) is 28.6 Å². The number of anilines is 1. The molecule has 2 rings (SSSR count). The number of thioether (sulfide) groups is 1. The maximum atomic E-state index is 11.2. The van der Waals surface area contributed by atoms with Crippen LogP contribution in [0.1, 0.15) is 24.5 Å². The largest absolute Gasteiger partial charge is 0.301 e. The molecule has 1 amide bonds. The summed E-state index contributed by atoms with van der Waals surface area (Å²) in [6.07, 6.45) is 0.450. The molecule has 0 unspecified atom stereocenters. The zero-order chi connectivity index (χ0) is 13.7. The summed E-state index contributed by atoms with van der Waals surface area (Å²) in [5.74, 6) is 0.829. The van der Waals surface area contributed by atoms with Crippen molar-refractivity contribution in [3.05, 3.63) is 35.4 Å². The molecule has 0 saturated heterocycles. The van der Waals surface area contributed by atoms with E-state index in [1.807, 2.05) is 19.1 Å². The van der Waals surface area contributed by atoms with E-state index in [1.165, 1.54) is 22.5 Å². The first-order valence-electron chi connectivity index (χ1n) is 5.99. The number of nitrogens with one attached hydrogen (secondary N) is 1. The second kappa shape index (κ2) is 6.68. The summed E-state index contributed by atoms with van der Waals surface area (Å²) in [5, 5.41) is 11.3. The Balaban J connectivity index is 1.94. The highest BCUT2D eigenvalue weighted by molar-refractivity contribution is 8.00. The van der Waals surface area contributed by atoms with Gasteiger partial charge in [0, 0.05) is 12.2 Å². The lowest BCUT2D eigenvalue weighted by Crippen LogP contribution is -2.08. The van der Waals surface area contributed by atoms with Gasteiger partial charge in [-0.25, -0.2) is 0 Å². The second-order valence-corrected chi connectivity index (χ2v) is 6.19. The van der Waals surface area contributed by atoms with Crippen molar-refractivity contribution in [1.82, 2.24) is 10.2 Å². The van der Waals surface area contributed by atoms with Crippen LogP contribution in [0.3, 0.4) is 0 Å². The fourth-order valence-electron chi connectivity index (χ4n) is 1.44. The molecule has 0 bridgehead atoms. The molecule has 0 spiro atoms. The van der Waals surface area contributed by atoms with E-state index in [4.69, 9.17) is 0 Å². The number of aryl methyl sites for hydroxylation is 1.